The molecule has 3 nitrogen and oxygen atoms in total. The van der Waals surface area contributed by atoms with Crippen molar-refractivity contribution in [3.8, 4) is 0 Å². The van der Waals surface area contributed by atoms with Gasteiger partial charge in [0.15, 0.2) is 0 Å². The highest BCUT2D eigenvalue weighted by Crippen LogP contribution is 2.31. The van der Waals surface area contributed by atoms with Crippen molar-refractivity contribution in [2.45, 2.75) is 70.8 Å². The fourth-order valence-electron chi connectivity index (χ4n) is 3.95. The van der Waals surface area contributed by atoms with Gasteiger partial charge in [0.2, 0.25) is 5.91 Å². The Balaban J connectivity index is 1.76. The maximum Gasteiger partial charge on any atom is 0.220 e. The van der Waals surface area contributed by atoms with Crippen LogP contribution in [0.2, 0.25) is 0 Å². The maximum atomic E-state index is 12.2. The van der Waals surface area contributed by atoms with Crippen LogP contribution in [0.1, 0.15) is 64.7 Å². The lowest BCUT2D eigenvalue weighted by Crippen LogP contribution is -2.45. The highest BCUT2D eigenvalue weighted by Gasteiger charge is 2.27. The summed E-state index contributed by atoms with van der Waals surface area (Å²) in [7, 11) is 0. The van der Waals surface area contributed by atoms with E-state index in [2.05, 4.69) is 12.2 Å². The van der Waals surface area contributed by atoms with Crippen molar-refractivity contribution in [1.82, 2.24) is 5.32 Å². The standard InChI is InChI=1S/C16H30N2O/c1-12-5-4-6-13(9-12)10-16(19)18-15-8-3-2-7-14(15)11-17/h12-15H,2-11,17H2,1H3,(H,18,19). The average molecular weight is 266 g/mol. The Morgan fingerprint density at radius 1 is 1.16 bits per heavy atom. The molecule has 0 aromatic heterocycles. The van der Waals surface area contributed by atoms with Gasteiger partial charge in [0.05, 0.1) is 0 Å². The molecule has 0 aliphatic heterocycles. The minimum Gasteiger partial charge on any atom is -0.353 e. The van der Waals surface area contributed by atoms with E-state index in [1.165, 1.54) is 44.9 Å². The summed E-state index contributed by atoms with van der Waals surface area (Å²) in [6, 6.07) is 0.340. The van der Waals surface area contributed by atoms with Crippen molar-refractivity contribution >= 4 is 5.91 Å². The fourth-order valence-corrected chi connectivity index (χ4v) is 3.95. The molecule has 2 fully saturated rings. The summed E-state index contributed by atoms with van der Waals surface area (Å²) >= 11 is 0. The molecule has 0 heterocycles. The summed E-state index contributed by atoms with van der Waals surface area (Å²) < 4.78 is 0. The van der Waals surface area contributed by atoms with Gasteiger partial charge in [-0.25, -0.2) is 0 Å². The molecule has 0 radical (unpaired) electrons. The molecule has 4 atom stereocenters. The number of amides is 1. The molecule has 0 bridgehead atoms. The predicted molar refractivity (Wildman–Crippen MR) is 78.7 cm³/mol. The van der Waals surface area contributed by atoms with E-state index in [4.69, 9.17) is 5.73 Å². The van der Waals surface area contributed by atoms with Gasteiger partial charge in [-0.2, -0.15) is 0 Å². The number of hydrogen-bond acceptors (Lipinski definition) is 2. The lowest BCUT2D eigenvalue weighted by atomic mass is 9.80. The lowest BCUT2D eigenvalue weighted by molar-refractivity contribution is -0.123. The van der Waals surface area contributed by atoms with E-state index >= 15 is 0 Å². The first kappa shape index (κ1) is 14.8. The van der Waals surface area contributed by atoms with Crippen molar-refractivity contribution < 1.29 is 4.79 Å². The van der Waals surface area contributed by atoms with Gasteiger partial charge >= 0.3 is 0 Å². The Morgan fingerprint density at radius 2 is 1.95 bits per heavy atom. The molecule has 2 saturated carbocycles. The molecule has 0 aromatic carbocycles. The second kappa shape index (κ2) is 7.28. The largest absolute Gasteiger partial charge is 0.353 e. The van der Waals surface area contributed by atoms with Gasteiger partial charge in [0.1, 0.15) is 0 Å². The number of nitrogens with one attached hydrogen (secondary N) is 1. The Hall–Kier alpha value is -0.570. The molecule has 0 aromatic rings. The van der Waals surface area contributed by atoms with E-state index in [1.807, 2.05) is 0 Å². The zero-order chi connectivity index (χ0) is 13.7. The minimum atomic E-state index is 0.268. The van der Waals surface area contributed by atoms with Crippen LogP contribution in [0.15, 0.2) is 0 Å². The van der Waals surface area contributed by atoms with Crippen LogP contribution in [-0.2, 0) is 4.79 Å². The Morgan fingerprint density at radius 3 is 2.68 bits per heavy atom. The number of hydrogen-bond donors (Lipinski definition) is 2. The Labute approximate surface area is 117 Å². The van der Waals surface area contributed by atoms with Gasteiger partial charge in [-0.15, -0.1) is 0 Å². The Kier molecular flexibility index (Phi) is 5.68. The van der Waals surface area contributed by atoms with E-state index < -0.39 is 0 Å². The van der Waals surface area contributed by atoms with E-state index in [-0.39, 0.29) is 5.91 Å². The number of nitrogens with two attached hydrogens (primary N) is 1. The number of carbonyl (C=O) groups excluding carboxylic acids is 1. The van der Waals surface area contributed by atoms with E-state index in [1.54, 1.807) is 0 Å². The summed E-state index contributed by atoms with van der Waals surface area (Å²) in [5.41, 5.74) is 5.82. The van der Waals surface area contributed by atoms with Crippen molar-refractivity contribution in [2.75, 3.05) is 6.54 Å². The Bertz CT molecular complexity index is 292. The summed E-state index contributed by atoms with van der Waals surface area (Å²) in [4.78, 5) is 12.2. The molecule has 2 aliphatic rings. The summed E-state index contributed by atoms with van der Waals surface area (Å²) in [5.74, 6) is 2.19. The maximum absolute atomic E-state index is 12.2. The van der Waals surface area contributed by atoms with Crippen LogP contribution in [0, 0.1) is 17.8 Å². The van der Waals surface area contributed by atoms with Gasteiger partial charge in [-0.05, 0) is 50.0 Å². The zero-order valence-corrected chi connectivity index (χ0v) is 12.4. The fraction of sp³-hybridized carbons (Fsp3) is 0.938. The molecule has 19 heavy (non-hydrogen) atoms. The average Bonchev–Trinajstić information content (AvgIpc) is 2.39. The van der Waals surface area contributed by atoms with Gasteiger partial charge in [-0.1, -0.05) is 32.6 Å². The second-order valence-corrected chi connectivity index (χ2v) is 6.80. The van der Waals surface area contributed by atoms with Crippen molar-refractivity contribution in [3.63, 3.8) is 0 Å². The highest BCUT2D eigenvalue weighted by molar-refractivity contribution is 5.76. The first-order chi connectivity index (χ1) is 9.19. The van der Waals surface area contributed by atoms with E-state index in [9.17, 15) is 4.79 Å². The molecule has 2 aliphatic carbocycles. The smallest absolute Gasteiger partial charge is 0.220 e. The molecule has 110 valence electrons. The molecule has 4 unspecified atom stereocenters. The predicted octanol–water partition coefficient (Wildman–Crippen LogP) is 2.84. The van der Waals surface area contributed by atoms with Gasteiger partial charge < -0.3 is 11.1 Å². The molecule has 3 N–H and O–H groups in total. The first-order valence-corrected chi connectivity index (χ1v) is 8.18. The van der Waals surface area contributed by atoms with Crippen LogP contribution in [0.3, 0.4) is 0 Å². The van der Waals surface area contributed by atoms with Gasteiger partial charge in [-0.3, -0.25) is 4.79 Å². The van der Waals surface area contributed by atoms with Crippen LogP contribution < -0.4 is 11.1 Å². The molecule has 0 spiro atoms. The van der Waals surface area contributed by atoms with E-state index in [0.29, 0.717) is 24.4 Å². The highest BCUT2D eigenvalue weighted by atomic mass is 16.1. The second-order valence-electron chi connectivity index (χ2n) is 6.80. The molecular formula is C16H30N2O. The third-order valence-electron chi connectivity index (χ3n) is 5.08. The first-order valence-electron chi connectivity index (χ1n) is 8.18. The molecule has 1 amide bonds. The summed E-state index contributed by atoms with van der Waals surface area (Å²) in [5, 5.41) is 3.26. The zero-order valence-electron chi connectivity index (χ0n) is 12.4. The minimum absolute atomic E-state index is 0.268. The number of carbonyl (C=O) groups is 1. The summed E-state index contributed by atoms with van der Waals surface area (Å²) in [6.07, 6.45) is 10.7. The third-order valence-corrected chi connectivity index (χ3v) is 5.08. The van der Waals surface area contributed by atoms with Crippen LogP contribution in [-0.4, -0.2) is 18.5 Å². The lowest BCUT2D eigenvalue weighted by Gasteiger charge is -2.32. The van der Waals surface area contributed by atoms with E-state index in [0.717, 1.165) is 18.8 Å². The molecule has 3 heteroatoms. The normalized spacial score (nSPS) is 35.9. The monoisotopic (exact) mass is 266 g/mol. The topological polar surface area (TPSA) is 55.1 Å². The molecule has 0 saturated heterocycles. The quantitative estimate of drug-likeness (QED) is 0.822. The third kappa shape index (κ3) is 4.48. The molecule has 2 rings (SSSR count). The van der Waals surface area contributed by atoms with Crippen molar-refractivity contribution in [2.24, 2.45) is 23.5 Å². The van der Waals surface area contributed by atoms with Crippen molar-refractivity contribution in [1.29, 1.82) is 0 Å². The van der Waals surface area contributed by atoms with Crippen LogP contribution in [0.4, 0.5) is 0 Å². The van der Waals surface area contributed by atoms with Gasteiger partial charge in [0.25, 0.3) is 0 Å². The SMILES string of the molecule is CC1CCCC(CC(=O)NC2CCCCC2CN)C1. The summed E-state index contributed by atoms with van der Waals surface area (Å²) in [6.45, 7) is 3.03. The van der Waals surface area contributed by atoms with Gasteiger partial charge in [0, 0.05) is 12.5 Å². The van der Waals surface area contributed by atoms with Crippen LogP contribution in [0.25, 0.3) is 0 Å². The van der Waals surface area contributed by atoms with Crippen LogP contribution in [0.5, 0.6) is 0 Å². The van der Waals surface area contributed by atoms with Crippen molar-refractivity contribution in [3.05, 3.63) is 0 Å². The van der Waals surface area contributed by atoms with Crippen LogP contribution >= 0.6 is 0 Å². The molecular weight excluding hydrogens is 236 g/mol. The number of rotatable bonds is 4.